The van der Waals surface area contributed by atoms with Crippen LogP contribution in [0.3, 0.4) is 0 Å². The second kappa shape index (κ2) is 8.58. The minimum Gasteiger partial charge on any atom is -0.356 e. The molecule has 2 aliphatic heterocycles. The predicted octanol–water partition coefficient (Wildman–Crippen LogP) is 4.52. The number of carbonyl (C=O) groups is 3. The first-order chi connectivity index (χ1) is 17.9. The fraction of sp³-hybridized carbons (Fsp3) is 0.207. The van der Waals surface area contributed by atoms with Crippen molar-refractivity contribution in [2.45, 2.75) is 25.3 Å². The number of hydrogen-bond donors (Lipinski definition) is 2. The van der Waals surface area contributed by atoms with Crippen LogP contribution in [0.1, 0.15) is 34.1 Å². The smallest absolute Gasteiger partial charge is 0.332 e. The lowest BCUT2D eigenvalue weighted by Crippen LogP contribution is -2.49. The van der Waals surface area contributed by atoms with Crippen LogP contribution in [0.5, 0.6) is 0 Å². The van der Waals surface area contributed by atoms with Crippen LogP contribution in [0.25, 0.3) is 10.9 Å². The highest BCUT2D eigenvalue weighted by Crippen LogP contribution is 2.45. The molecule has 0 radical (unpaired) electrons. The van der Waals surface area contributed by atoms with Crippen LogP contribution in [0.2, 0.25) is 0 Å². The van der Waals surface area contributed by atoms with Crippen LogP contribution >= 0.6 is 0 Å². The number of anilines is 1. The third-order valence-corrected chi connectivity index (χ3v) is 7.45. The molecule has 3 aromatic carbocycles. The monoisotopic (exact) mass is 496 g/mol. The van der Waals surface area contributed by atoms with Crippen molar-refractivity contribution in [3.05, 3.63) is 101 Å². The number of urea groups is 1. The molecule has 0 saturated carbocycles. The first-order valence-corrected chi connectivity index (χ1v) is 12.3. The van der Waals surface area contributed by atoms with Gasteiger partial charge in [-0.1, -0.05) is 36.4 Å². The molecule has 4 aromatic rings. The van der Waals surface area contributed by atoms with Gasteiger partial charge in [0.2, 0.25) is 0 Å². The first-order valence-electron chi connectivity index (χ1n) is 12.3. The summed E-state index contributed by atoms with van der Waals surface area (Å²) in [6.45, 7) is 2.58. The summed E-state index contributed by atoms with van der Waals surface area (Å²) in [6.07, 6.45) is 1.20. The lowest BCUT2D eigenvalue weighted by molar-refractivity contribution is -0.125. The van der Waals surface area contributed by atoms with Gasteiger partial charge in [-0.15, -0.1) is 0 Å². The maximum Gasteiger partial charge on any atom is 0.332 e. The highest BCUT2D eigenvalue weighted by Gasteiger charge is 2.59. The number of para-hydroxylation sites is 1. The Kier molecular flexibility index (Phi) is 5.33. The Morgan fingerprint density at radius 2 is 1.84 bits per heavy atom. The van der Waals surface area contributed by atoms with Crippen molar-refractivity contribution in [2.75, 3.05) is 18.0 Å². The highest BCUT2D eigenvalue weighted by atomic mass is 19.1. The molecule has 1 fully saturated rings. The maximum absolute atomic E-state index is 13.9. The van der Waals surface area contributed by atoms with E-state index in [0.717, 1.165) is 27.7 Å². The van der Waals surface area contributed by atoms with Gasteiger partial charge in [-0.2, -0.15) is 0 Å². The van der Waals surface area contributed by atoms with Gasteiger partial charge in [-0.05, 0) is 67.3 Å². The molecule has 37 heavy (non-hydrogen) atoms. The second-order valence-electron chi connectivity index (χ2n) is 9.60. The number of carbonyl (C=O) groups excluding carboxylic acids is 3. The lowest BCUT2D eigenvalue weighted by Gasteiger charge is -2.35. The molecule has 0 aliphatic carbocycles. The normalized spacial score (nSPS) is 18.8. The van der Waals surface area contributed by atoms with E-state index >= 15 is 0 Å². The van der Waals surface area contributed by atoms with Crippen molar-refractivity contribution >= 4 is 34.4 Å². The van der Waals surface area contributed by atoms with Crippen LogP contribution in [0.15, 0.2) is 72.8 Å². The Bertz CT molecular complexity index is 1560. The summed E-state index contributed by atoms with van der Waals surface area (Å²) in [7, 11) is 0. The summed E-state index contributed by atoms with van der Waals surface area (Å²) >= 11 is 0. The van der Waals surface area contributed by atoms with Gasteiger partial charge < -0.3 is 15.2 Å². The van der Waals surface area contributed by atoms with E-state index in [1.165, 1.54) is 17.0 Å². The van der Waals surface area contributed by atoms with Crippen LogP contribution in [-0.4, -0.2) is 40.8 Å². The number of H-pyrrole nitrogens is 1. The van der Waals surface area contributed by atoms with Gasteiger partial charge in [0.25, 0.3) is 11.8 Å². The summed E-state index contributed by atoms with van der Waals surface area (Å²) < 4.78 is 13.1. The molecule has 0 unspecified atom stereocenters. The molecule has 1 atom stereocenters. The number of amides is 4. The SMILES string of the molecule is C[C@]12C(=O)N(c3cccc(C(=O)NCCc4ccc(F)cc4)c3)C(=O)N1CCc1c2[nH]c2ccccc12. The number of fused-ring (bicyclic) bond motifs is 5. The number of aromatic nitrogens is 1. The fourth-order valence-electron chi connectivity index (χ4n) is 5.48. The van der Waals surface area contributed by atoms with E-state index in [9.17, 15) is 18.8 Å². The second-order valence-corrected chi connectivity index (χ2v) is 9.60. The predicted molar refractivity (Wildman–Crippen MR) is 138 cm³/mol. The number of nitrogens with one attached hydrogen (secondary N) is 2. The minimum absolute atomic E-state index is 0.304. The largest absolute Gasteiger partial charge is 0.356 e. The standard InChI is InChI=1S/C29H25FN4O3/c1-29-25-23(22-7-2-3-8-24(22)32-25)14-16-33(29)28(37)34(27(29)36)21-6-4-5-19(17-21)26(35)31-15-13-18-9-11-20(30)12-10-18/h2-12,17,32H,13-16H2,1H3,(H,31,35)/t29-/m0/s1. The number of imide groups is 1. The zero-order chi connectivity index (χ0) is 25.7. The van der Waals surface area contributed by atoms with Gasteiger partial charge in [0.1, 0.15) is 5.82 Å². The van der Waals surface area contributed by atoms with Crippen molar-refractivity contribution in [3.8, 4) is 0 Å². The molecule has 8 heteroatoms. The summed E-state index contributed by atoms with van der Waals surface area (Å²) in [5, 5.41) is 3.92. The Balaban J connectivity index is 1.25. The molecular weight excluding hydrogens is 471 g/mol. The molecular formula is C29H25FN4O3. The molecule has 186 valence electrons. The Hall–Kier alpha value is -4.46. The van der Waals surface area contributed by atoms with Crippen LogP contribution in [0.4, 0.5) is 14.9 Å². The van der Waals surface area contributed by atoms with Crippen molar-refractivity contribution in [1.82, 2.24) is 15.2 Å². The van der Waals surface area contributed by atoms with E-state index in [1.54, 1.807) is 48.2 Å². The van der Waals surface area contributed by atoms with Gasteiger partial charge in [-0.25, -0.2) is 14.1 Å². The molecule has 0 bridgehead atoms. The fourth-order valence-corrected chi connectivity index (χ4v) is 5.48. The number of nitrogens with zero attached hydrogens (tertiary/aromatic N) is 2. The van der Waals surface area contributed by atoms with Gasteiger partial charge >= 0.3 is 6.03 Å². The maximum atomic E-state index is 13.9. The van der Waals surface area contributed by atoms with Crippen molar-refractivity contribution < 1.29 is 18.8 Å². The van der Waals surface area contributed by atoms with Gasteiger partial charge in [0.05, 0.1) is 11.4 Å². The van der Waals surface area contributed by atoms with Crippen molar-refractivity contribution in [3.63, 3.8) is 0 Å². The van der Waals surface area contributed by atoms with E-state index in [0.29, 0.717) is 37.2 Å². The number of aromatic amines is 1. The molecule has 0 spiro atoms. The average molecular weight is 497 g/mol. The van der Waals surface area contributed by atoms with Gasteiger partial charge in [-0.3, -0.25) is 9.59 Å². The van der Waals surface area contributed by atoms with Crippen molar-refractivity contribution in [2.24, 2.45) is 0 Å². The zero-order valence-electron chi connectivity index (χ0n) is 20.3. The Labute approximate surface area is 212 Å². The zero-order valence-corrected chi connectivity index (χ0v) is 20.3. The summed E-state index contributed by atoms with van der Waals surface area (Å²) in [6, 6.07) is 20.2. The topological polar surface area (TPSA) is 85.5 Å². The molecule has 2 N–H and O–H groups in total. The van der Waals surface area contributed by atoms with E-state index < -0.39 is 11.6 Å². The third-order valence-electron chi connectivity index (χ3n) is 7.45. The van der Waals surface area contributed by atoms with Gasteiger partial charge in [0.15, 0.2) is 5.54 Å². The number of benzene rings is 3. The highest BCUT2D eigenvalue weighted by molar-refractivity contribution is 6.24. The summed E-state index contributed by atoms with van der Waals surface area (Å²) in [5.41, 5.74) is 3.20. The molecule has 1 aromatic heterocycles. The number of halogens is 1. The average Bonchev–Trinajstić information content (AvgIpc) is 3.38. The van der Waals surface area contributed by atoms with Crippen LogP contribution in [-0.2, 0) is 23.2 Å². The summed E-state index contributed by atoms with van der Waals surface area (Å²) in [4.78, 5) is 46.4. The summed E-state index contributed by atoms with van der Waals surface area (Å²) in [5.74, 6) is -0.967. The Morgan fingerprint density at radius 1 is 1.05 bits per heavy atom. The van der Waals surface area contributed by atoms with E-state index in [2.05, 4.69) is 10.3 Å². The molecule has 2 aliphatic rings. The van der Waals surface area contributed by atoms with E-state index in [1.807, 2.05) is 24.3 Å². The lowest BCUT2D eigenvalue weighted by atomic mass is 9.87. The minimum atomic E-state index is -1.16. The Morgan fingerprint density at radius 3 is 2.65 bits per heavy atom. The molecule has 1 saturated heterocycles. The molecule has 4 amide bonds. The van der Waals surface area contributed by atoms with E-state index in [-0.39, 0.29) is 17.6 Å². The molecule has 6 rings (SSSR count). The quantitative estimate of drug-likeness (QED) is 0.399. The molecule has 7 nitrogen and oxygen atoms in total. The van der Waals surface area contributed by atoms with Crippen LogP contribution in [0, 0.1) is 5.82 Å². The molecule has 3 heterocycles. The van der Waals surface area contributed by atoms with E-state index in [4.69, 9.17) is 0 Å². The number of rotatable bonds is 5. The third kappa shape index (κ3) is 3.59. The van der Waals surface area contributed by atoms with Gasteiger partial charge in [0, 0.05) is 29.6 Å². The first kappa shape index (κ1) is 23.0. The van der Waals surface area contributed by atoms with Crippen molar-refractivity contribution in [1.29, 1.82) is 0 Å². The van der Waals surface area contributed by atoms with Crippen LogP contribution < -0.4 is 10.2 Å². The number of hydrogen-bond acceptors (Lipinski definition) is 3.